The zero-order chi connectivity index (χ0) is 11.4. The molecule has 0 radical (unpaired) electrons. The lowest BCUT2D eigenvalue weighted by Gasteiger charge is -2.09. The van der Waals surface area contributed by atoms with Crippen molar-refractivity contribution < 1.29 is 0 Å². The lowest BCUT2D eigenvalue weighted by molar-refractivity contribution is 1.49. The van der Waals surface area contributed by atoms with E-state index in [1.807, 2.05) is 55.6 Å². The number of hydrogen-bond acceptors (Lipinski definition) is 3. The summed E-state index contributed by atoms with van der Waals surface area (Å²) in [6.45, 7) is 0. The molecule has 0 unspecified atom stereocenters. The van der Waals surface area contributed by atoms with Gasteiger partial charge in [0.1, 0.15) is 0 Å². The number of rotatable bonds is 3. The highest BCUT2D eigenvalue weighted by Crippen LogP contribution is 2.24. The molecule has 0 aliphatic heterocycles. The molecule has 0 heterocycles. The van der Waals surface area contributed by atoms with Gasteiger partial charge < -0.3 is 16.4 Å². The van der Waals surface area contributed by atoms with Crippen molar-refractivity contribution in [2.75, 3.05) is 23.4 Å². The number of nitrogen functional groups attached to an aromatic ring is 1. The van der Waals surface area contributed by atoms with Crippen LogP contribution in [-0.4, -0.2) is 7.05 Å². The van der Waals surface area contributed by atoms with E-state index in [1.54, 1.807) is 0 Å². The van der Waals surface area contributed by atoms with E-state index < -0.39 is 0 Å². The second kappa shape index (κ2) is 4.57. The van der Waals surface area contributed by atoms with Crippen molar-refractivity contribution in [1.82, 2.24) is 0 Å². The number of nitrogens with one attached hydrogen (secondary N) is 2. The summed E-state index contributed by atoms with van der Waals surface area (Å²) in [5.74, 6) is 0. The number of anilines is 4. The summed E-state index contributed by atoms with van der Waals surface area (Å²) < 4.78 is 0. The molecular formula is C13H15N3. The van der Waals surface area contributed by atoms with Gasteiger partial charge in [0.2, 0.25) is 0 Å². The summed E-state index contributed by atoms with van der Waals surface area (Å²) in [4.78, 5) is 0. The van der Waals surface area contributed by atoms with Crippen LogP contribution in [0.3, 0.4) is 0 Å². The van der Waals surface area contributed by atoms with E-state index in [2.05, 4.69) is 10.6 Å². The van der Waals surface area contributed by atoms with Gasteiger partial charge in [0, 0.05) is 18.4 Å². The molecule has 0 saturated carbocycles. The van der Waals surface area contributed by atoms with Crippen molar-refractivity contribution in [2.24, 2.45) is 0 Å². The van der Waals surface area contributed by atoms with E-state index in [0.29, 0.717) is 0 Å². The average Bonchev–Trinajstić information content (AvgIpc) is 2.31. The highest BCUT2D eigenvalue weighted by atomic mass is 14.9. The fourth-order valence-corrected chi connectivity index (χ4v) is 1.56. The van der Waals surface area contributed by atoms with Crippen LogP contribution < -0.4 is 16.4 Å². The molecule has 0 aromatic heterocycles. The molecule has 16 heavy (non-hydrogen) atoms. The van der Waals surface area contributed by atoms with Gasteiger partial charge in [-0.15, -0.1) is 0 Å². The monoisotopic (exact) mass is 213 g/mol. The fraction of sp³-hybridized carbons (Fsp3) is 0.0769. The van der Waals surface area contributed by atoms with E-state index >= 15 is 0 Å². The van der Waals surface area contributed by atoms with Gasteiger partial charge in [0.25, 0.3) is 0 Å². The zero-order valence-electron chi connectivity index (χ0n) is 9.20. The first-order valence-corrected chi connectivity index (χ1v) is 5.19. The Labute approximate surface area is 95.3 Å². The quantitative estimate of drug-likeness (QED) is 0.687. The van der Waals surface area contributed by atoms with E-state index in [0.717, 1.165) is 22.7 Å². The van der Waals surface area contributed by atoms with Gasteiger partial charge in [0.15, 0.2) is 0 Å². The highest BCUT2D eigenvalue weighted by Gasteiger charge is 1.98. The van der Waals surface area contributed by atoms with Crippen LogP contribution in [0.4, 0.5) is 22.7 Å². The Morgan fingerprint density at radius 1 is 0.938 bits per heavy atom. The second-order valence-corrected chi connectivity index (χ2v) is 3.54. The van der Waals surface area contributed by atoms with Crippen molar-refractivity contribution in [2.45, 2.75) is 0 Å². The first-order chi connectivity index (χ1) is 7.79. The van der Waals surface area contributed by atoms with Gasteiger partial charge >= 0.3 is 0 Å². The van der Waals surface area contributed by atoms with E-state index in [1.165, 1.54) is 0 Å². The van der Waals surface area contributed by atoms with E-state index in [9.17, 15) is 0 Å². The minimum Gasteiger partial charge on any atom is -0.397 e. The predicted molar refractivity (Wildman–Crippen MR) is 70.1 cm³/mol. The number of hydrogen-bond donors (Lipinski definition) is 3. The van der Waals surface area contributed by atoms with Crippen LogP contribution >= 0.6 is 0 Å². The van der Waals surface area contributed by atoms with Crippen LogP contribution in [0.1, 0.15) is 0 Å². The maximum Gasteiger partial charge on any atom is 0.0572 e. The summed E-state index contributed by atoms with van der Waals surface area (Å²) in [6, 6.07) is 15.9. The van der Waals surface area contributed by atoms with Crippen LogP contribution in [0, 0.1) is 0 Å². The lowest BCUT2D eigenvalue weighted by Crippen LogP contribution is -1.97. The summed E-state index contributed by atoms with van der Waals surface area (Å²) in [6.07, 6.45) is 0. The summed E-state index contributed by atoms with van der Waals surface area (Å²) >= 11 is 0. The van der Waals surface area contributed by atoms with Gasteiger partial charge in [0.05, 0.1) is 11.4 Å². The normalized spacial score (nSPS) is 9.81. The smallest absolute Gasteiger partial charge is 0.0572 e. The van der Waals surface area contributed by atoms with Gasteiger partial charge in [-0.3, -0.25) is 0 Å². The molecule has 82 valence electrons. The van der Waals surface area contributed by atoms with Crippen LogP contribution in [0.15, 0.2) is 48.5 Å². The van der Waals surface area contributed by atoms with Crippen LogP contribution in [0.5, 0.6) is 0 Å². The summed E-state index contributed by atoms with van der Waals surface area (Å²) in [5, 5.41) is 6.32. The van der Waals surface area contributed by atoms with Crippen molar-refractivity contribution in [3.8, 4) is 0 Å². The molecule has 0 atom stereocenters. The lowest BCUT2D eigenvalue weighted by atomic mass is 10.2. The Morgan fingerprint density at radius 3 is 2.31 bits per heavy atom. The van der Waals surface area contributed by atoms with Gasteiger partial charge in [-0.05, 0) is 30.3 Å². The zero-order valence-corrected chi connectivity index (χ0v) is 9.20. The van der Waals surface area contributed by atoms with Crippen LogP contribution in [-0.2, 0) is 0 Å². The minimum atomic E-state index is 0.739. The van der Waals surface area contributed by atoms with Gasteiger partial charge in [-0.25, -0.2) is 0 Å². The molecule has 2 rings (SSSR count). The second-order valence-electron chi connectivity index (χ2n) is 3.54. The topological polar surface area (TPSA) is 50.1 Å². The Balaban J connectivity index is 2.20. The Morgan fingerprint density at radius 2 is 1.69 bits per heavy atom. The average molecular weight is 213 g/mol. The highest BCUT2D eigenvalue weighted by molar-refractivity contribution is 5.73. The van der Waals surface area contributed by atoms with Gasteiger partial charge in [-0.1, -0.05) is 18.2 Å². The van der Waals surface area contributed by atoms with Crippen molar-refractivity contribution in [1.29, 1.82) is 0 Å². The standard InChI is InChI=1S/C13H15N3/c1-15-13-8-7-11(9-12(13)14)16-10-5-3-2-4-6-10/h2-9,15-16H,14H2,1H3. The fourth-order valence-electron chi connectivity index (χ4n) is 1.56. The summed E-state index contributed by atoms with van der Waals surface area (Å²) in [5.41, 5.74) is 9.61. The van der Waals surface area contributed by atoms with Crippen molar-refractivity contribution in [3.05, 3.63) is 48.5 Å². The van der Waals surface area contributed by atoms with Crippen molar-refractivity contribution >= 4 is 22.7 Å². The molecule has 0 aliphatic rings. The molecule has 3 heteroatoms. The third-order valence-electron chi connectivity index (χ3n) is 2.38. The van der Waals surface area contributed by atoms with Crippen LogP contribution in [0.25, 0.3) is 0 Å². The Kier molecular flexibility index (Phi) is 2.96. The molecule has 3 nitrogen and oxygen atoms in total. The number of benzene rings is 2. The minimum absolute atomic E-state index is 0.739. The molecular weight excluding hydrogens is 198 g/mol. The first kappa shape index (κ1) is 10.4. The summed E-state index contributed by atoms with van der Waals surface area (Å²) in [7, 11) is 1.86. The SMILES string of the molecule is CNc1ccc(Nc2ccccc2)cc1N. The van der Waals surface area contributed by atoms with Gasteiger partial charge in [-0.2, -0.15) is 0 Å². The molecule has 4 N–H and O–H groups in total. The molecule has 0 bridgehead atoms. The third-order valence-corrected chi connectivity index (χ3v) is 2.38. The molecule has 2 aromatic carbocycles. The van der Waals surface area contributed by atoms with E-state index in [4.69, 9.17) is 5.73 Å². The molecule has 0 aliphatic carbocycles. The Hall–Kier alpha value is -2.16. The predicted octanol–water partition coefficient (Wildman–Crippen LogP) is 3.05. The van der Waals surface area contributed by atoms with E-state index in [-0.39, 0.29) is 0 Å². The molecule has 2 aromatic rings. The number of nitrogens with two attached hydrogens (primary N) is 1. The van der Waals surface area contributed by atoms with Crippen LogP contribution in [0.2, 0.25) is 0 Å². The molecule has 0 saturated heterocycles. The Bertz CT molecular complexity index is 466. The van der Waals surface area contributed by atoms with Crippen molar-refractivity contribution in [3.63, 3.8) is 0 Å². The maximum atomic E-state index is 5.88. The first-order valence-electron chi connectivity index (χ1n) is 5.19. The molecule has 0 amide bonds. The molecule has 0 fully saturated rings. The largest absolute Gasteiger partial charge is 0.397 e. The molecule has 0 spiro atoms. The third kappa shape index (κ3) is 2.25. The maximum absolute atomic E-state index is 5.88. The number of para-hydroxylation sites is 1.